The van der Waals surface area contributed by atoms with Gasteiger partial charge in [0.1, 0.15) is 0 Å². The van der Waals surface area contributed by atoms with Crippen molar-refractivity contribution in [3.8, 4) is 0 Å². The Hall–Kier alpha value is -0.350. The lowest BCUT2D eigenvalue weighted by Gasteiger charge is -2.22. The van der Waals surface area contributed by atoms with E-state index in [1.807, 2.05) is 5.32 Å². The van der Waals surface area contributed by atoms with Crippen LogP contribution < -0.4 is 5.32 Å². The maximum Gasteiger partial charge on any atom is 0.466 e. The third kappa shape index (κ3) is 13.7. The van der Waals surface area contributed by atoms with Crippen LogP contribution in [0.4, 0.5) is 26.3 Å². The molecule has 0 aliphatic rings. The number of phosphoric acid groups is 1. The molecule has 0 unspecified atom stereocenters. The van der Waals surface area contributed by atoms with Crippen LogP contribution in [-0.4, -0.2) is 40.1 Å². The van der Waals surface area contributed by atoms with E-state index in [2.05, 4.69) is 0 Å². The summed E-state index contributed by atoms with van der Waals surface area (Å²) in [7, 11) is -4.64. The van der Waals surface area contributed by atoms with Gasteiger partial charge >= 0.3 is 20.2 Å². The fraction of sp³-hybridized carbons (Fsp3) is 1.00. The lowest BCUT2D eigenvalue weighted by Crippen LogP contribution is -2.43. The maximum absolute atomic E-state index is 11.8. The molecule has 4 N–H and O–H groups in total. The van der Waals surface area contributed by atoms with Crippen LogP contribution in [0.25, 0.3) is 0 Å². The minimum absolute atomic E-state index is 0.0721. The SMILES string of the molecule is CCNCC(C(F)(F)F)C(F)(F)F.O=P(O)(O)O. The van der Waals surface area contributed by atoms with Crippen LogP contribution in [-0.2, 0) is 4.57 Å². The van der Waals surface area contributed by atoms with Gasteiger partial charge < -0.3 is 20.0 Å². The molecule has 0 aromatic heterocycles. The molecule has 0 atom stereocenters. The summed E-state index contributed by atoms with van der Waals surface area (Å²) in [4.78, 5) is 21.6. The lowest BCUT2D eigenvalue weighted by atomic mass is 10.1. The predicted molar refractivity (Wildman–Crippen MR) is 48.4 cm³/mol. The standard InChI is InChI=1S/C6H9F6N.H3O4P/c1-2-13-3-4(5(7,8)9)6(10,11)12;1-5(2,3)4/h4,13H,2-3H2,1H3;(H3,1,2,3,4). The fourth-order valence-electron chi connectivity index (χ4n) is 0.706. The molecule has 12 heteroatoms. The van der Waals surface area contributed by atoms with Crippen LogP contribution >= 0.6 is 7.82 Å². The Labute approximate surface area is 98.0 Å². The number of hydrogen-bond acceptors (Lipinski definition) is 2. The summed E-state index contributed by atoms with van der Waals surface area (Å²) >= 11 is 0. The van der Waals surface area contributed by atoms with Crippen molar-refractivity contribution < 1.29 is 45.6 Å². The Kier molecular flexibility index (Phi) is 8.09. The number of rotatable bonds is 3. The van der Waals surface area contributed by atoms with Crippen LogP contribution in [0, 0.1) is 5.92 Å². The topological polar surface area (TPSA) is 89.8 Å². The monoisotopic (exact) mass is 307 g/mol. The van der Waals surface area contributed by atoms with Gasteiger partial charge in [0.05, 0.1) is 0 Å². The normalized spacial score (nSPS) is 13.3. The molecule has 18 heavy (non-hydrogen) atoms. The highest BCUT2D eigenvalue weighted by Crippen LogP contribution is 2.38. The predicted octanol–water partition coefficient (Wildman–Crippen LogP) is 1.41. The number of halogens is 6. The first-order valence-electron chi connectivity index (χ1n) is 4.32. The molecule has 0 saturated carbocycles. The summed E-state index contributed by atoms with van der Waals surface area (Å²) in [6.07, 6.45) is -10.5. The molecule has 0 bridgehead atoms. The number of nitrogens with one attached hydrogen (secondary N) is 1. The van der Waals surface area contributed by atoms with Crippen molar-refractivity contribution in [1.82, 2.24) is 5.32 Å². The summed E-state index contributed by atoms with van der Waals surface area (Å²) in [6.45, 7) is 0.385. The zero-order chi connectivity index (χ0) is 15.2. The van der Waals surface area contributed by atoms with E-state index in [4.69, 9.17) is 19.2 Å². The molecule has 0 saturated heterocycles. The van der Waals surface area contributed by atoms with Gasteiger partial charge in [-0.15, -0.1) is 0 Å². The highest BCUT2D eigenvalue weighted by Gasteiger charge is 2.55. The van der Waals surface area contributed by atoms with Crippen LogP contribution in [0.3, 0.4) is 0 Å². The third-order valence-electron chi connectivity index (χ3n) is 1.39. The molecule has 0 aromatic carbocycles. The van der Waals surface area contributed by atoms with E-state index < -0.39 is 32.6 Å². The van der Waals surface area contributed by atoms with Crippen molar-refractivity contribution in [1.29, 1.82) is 0 Å². The van der Waals surface area contributed by atoms with Gasteiger partial charge in [-0.2, -0.15) is 26.3 Å². The molecule has 0 aromatic rings. The quantitative estimate of drug-likeness (QED) is 0.467. The van der Waals surface area contributed by atoms with Gasteiger partial charge in [-0.3, -0.25) is 0 Å². The molecular formula is C6H12F6NO4P. The molecule has 0 aliphatic heterocycles. The second-order valence-corrected chi connectivity index (χ2v) is 3.98. The Morgan fingerprint density at radius 1 is 1.06 bits per heavy atom. The van der Waals surface area contributed by atoms with Gasteiger partial charge in [-0.05, 0) is 6.54 Å². The highest BCUT2D eigenvalue weighted by atomic mass is 31.2. The molecule has 0 heterocycles. The average Bonchev–Trinajstić information content (AvgIpc) is 1.95. The van der Waals surface area contributed by atoms with Gasteiger partial charge in [0.15, 0.2) is 5.92 Å². The Morgan fingerprint density at radius 2 is 1.33 bits per heavy atom. The van der Waals surface area contributed by atoms with Gasteiger partial charge in [0.25, 0.3) is 0 Å². The molecule has 0 radical (unpaired) electrons. The lowest BCUT2D eigenvalue weighted by molar-refractivity contribution is -0.281. The fourth-order valence-corrected chi connectivity index (χ4v) is 0.706. The molecule has 0 spiro atoms. The van der Waals surface area contributed by atoms with Crippen molar-refractivity contribution in [3.63, 3.8) is 0 Å². The number of hydrogen-bond donors (Lipinski definition) is 4. The van der Waals surface area contributed by atoms with Crippen LogP contribution in [0.1, 0.15) is 6.92 Å². The second-order valence-electron chi connectivity index (χ2n) is 2.96. The zero-order valence-electron chi connectivity index (χ0n) is 8.96. The van der Waals surface area contributed by atoms with E-state index in [1.54, 1.807) is 0 Å². The van der Waals surface area contributed by atoms with Crippen LogP contribution in [0.15, 0.2) is 0 Å². The smallest absolute Gasteiger partial charge is 0.316 e. The van der Waals surface area contributed by atoms with Gasteiger partial charge in [0, 0.05) is 6.54 Å². The van der Waals surface area contributed by atoms with Crippen molar-refractivity contribution in [2.75, 3.05) is 13.1 Å². The van der Waals surface area contributed by atoms with Crippen LogP contribution in [0.5, 0.6) is 0 Å². The molecule has 0 amide bonds. The summed E-state index contributed by atoms with van der Waals surface area (Å²) in [5, 5.41) is 2.02. The first kappa shape index (κ1) is 20.0. The van der Waals surface area contributed by atoms with E-state index >= 15 is 0 Å². The molecule has 0 rings (SSSR count). The van der Waals surface area contributed by atoms with E-state index in [1.165, 1.54) is 6.92 Å². The van der Waals surface area contributed by atoms with E-state index in [0.29, 0.717) is 0 Å². The molecule has 5 nitrogen and oxygen atoms in total. The van der Waals surface area contributed by atoms with Crippen molar-refractivity contribution in [2.45, 2.75) is 19.3 Å². The first-order valence-corrected chi connectivity index (χ1v) is 5.88. The van der Waals surface area contributed by atoms with E-state index in [-0.39, 0.29) is 6.54 Å². The minimum Gasteiger partial charge on any atom is -0.316 e. The average molecular weight is 307 g/mol. The van der Waals surface area contributed by atoms with Gasteiger partial charge in [-0.1, -0.05) is 6.92 Å². The molecule has 0 fully saturated rings. The molecule has 0 aliphatic carbocycles. The Balaban J connectivity index is 0. The van der Waals surface area contributed by atoms with Crippen molar-refractivity contribution in [3.05, 3.63) is 0 Å². The number of alkyl halides is 6. The second kappa shape index (κ2) is 7.29. The Bertz CT molecular complexity index is 252. The summed E-state index contributed by atoms with van der Waals surface area (Å²) in [6, 6.07) is 0. The third-order valence-corrected chi connectivity index (χ3v) is 1.39. The van der Waals surface area contributed by atoms with E-state index in [9.17, 15) is 26.3 Å². The van der Waals surface area contributed by atoms with Gasteiger partial charge in [-0.25, -0.2) is 4.57 Å². The zero-order valence-corrected chi connectivity index (χ0v) is 9.85. The minimum atomic E-state index is -5.24. The largest absolute Gasteiger partial charge is 0.466 e. The Morgan fingerprint density at radius 3 is 1.50 bits per heavy atom. The summed E-state index contributed by atoms with van der Waals surface area (Å²) in [5.74, 6) is -3.28. The summed E-state index contributed by atoms with van der Waals surface area (Å²) < 4.78 is 79.6. The summed E-state index contributed by atoms with van der Waals surface area (Å²) in [5.41, 5.74) is 0. The van der Waals surface area contributed by atoms with E-state index in [0.717, 1.165) is 0 Å². The molecule has 112 valence electrons. The maximum atomic E-state index is 11.8. The van der Waals surface area contributed by atoms with Gasteiger partial charge in [0.2, 0.25) is 0 Å². The molecular weight excluding hydrogens is 295 g/mol. The first-order chi connectivity index (χ1) is 7.69. The van der Waals surface area contributed by atoms with Crippen molar-refractivity contribution in [2.24, 2.45) is 5.92 Å². The van der Waals surface area contributed by atoms with Crippen LogP contribution in [0.2, 0.25) is 0 Å². The van der Waals surface area contributed by atoms with Crippen molar-refractivity contribution >= 4 is 7.82 Å². The highest BCUT2D eigenvalue weighted by molar-refractivity contribution is 7.45.